The van der Waals surface area contributed by atoms with Crippen molar-refractivity contribution in [3.05, 3.63) is 35.4 Å². The first-order valence-electron chi connectivity index (χ1n) is 7.48. The second-order valence-corrected chi connectivity index (χ2v) is 6.82. The normalized spacial score (nSPS) is 25.2. The molecule has 1 aliphatic heterocycles. The molecule has 0 aromatic heterocycles. The lowest BCUT2D eigenvalue weighted by Crippen LogP contribution is -2.41. The summed E-state index contributed by atoms with van der Waals surface area (Å²) in [6.07, 6.45) is 2.93. The van der Waals surface area contributed by atoms with Crippen molar-refractivity contribution < 1.29 is 4.79 Å². The van der Waals surface area contributed by atoms with E-state index >= 15 is 0 Å². The van der Waals surface area contributed by atoms with Gasteiger partial charge in [-0.05, 0) is 24.0 Å². The highest BCUT2D eigenvalue weighted by Gasteiger charge is 2.23. The summed E-state index contributed by atoms with van der Waals surface area (Å²) in [6.45, 7) is 1.81. The number of amides is 1. The monoisotopic (exact) mass is 290 g/mol. The van der Waals surface area contributed by atoms with E-state index in [1.54, 1.807) is 0 Å². The molecule has 3 nitrogen and oxygen atoms in total. The average molecular weight is 290 g/mol. The Morgan fingerprint density at radius 3 is 3.15 bits per heavy atom. The summed E-state index contributed by atoms with van der Waals surface area (Å²) in [4.78, 5) is 12.0. The van der Waals surface area contributed by atoms with Gasteiger partial charge in [-0.3, -0.25) is 4.79 Å². The molecular formula is C16H22N2OS. The Morgan fingerprint density at radius 2 is 2.30 bits per heavy atom. The summed E-state index contributed by atoms with van der Waals surface area (Å²) in [5, 5.41) is 6.54. The van der Waals surface area contributed by atoms with Crippen molar-refractivity contribution in [1.82, 2.24) is 10.6 Å². The van der Waals surface area contributed by atoms with Crippen molar-refractivity contribution in [2.45, 2.75) is 31.2 Å². The van der Waals surface area contributed by atoms with Crippen molar-refractivity contribution in [1.29, 1.82) is 0 Å². The fourth-order valence-corrected chi connectivity index (χ4v) is 4.09. The highest BCUT2D eigenvalue weighted by atomic mass is 32.2. The molecule has 1 aliphatic carbocycles. The van der Waals surface area contributed by atoms with Crippen molar-refractivity contribution in [3.63, 3.8) is 0 Å². The molecule has 20 heavy (non-hydrogen) atoms. The molecule has 0 saturated carbocycles. The predicted molar refractivity (Wildman–Crippen MR) is 84.2 cm³/mol. The van der Waals surface area contributed by atoms with Crippen LogP contribution in [0, 0.1) is 0 Å². The molecule has 108 valence electrons. The van der Waals surface area contributed by atoms with Crippen LogP contribution in [0.15, 0.2) is 24.3 Å². The van der Waals surface area contributed by atoms with Crippen LogP contribution in [-0.4, -0.2) is 36.5 Å². The Hall–Kier alpha value is -1.00. The Bertz CT molecular complexity index is 471. The van der Waals surface area contributed by atoms with Gasteiger partial charge in [-0.15, -0.1) is 0 Å². The highest BCUT2D eigenvalue weighted by molar-refractivity contribution is 7.99. The molecule has 4 heteroatoms. The molecule has 1 aromatic rings. The second kappa shape index (κ2) is 6.64. The van der Waals surface area contributed by atoms with Gasteiger partial charge < -0.3 is 10.6 Å². The quantitative estimate of drug-likeness (QED) is 0.890. The summed E-state index contributed by atoms with van der Waals surface area (Å²) in [6, 6.07) is 8.97. The molecule has 1 aromatic carbocycles. The largest absolute Gasteiger partial charge is 0.355 e. The van der Waals surface area contributed by atoms with Gasteiger partial charge in [0, 0.05) is 43.0 Å². The molecular weight excluding hydrogens is 268 g/mol. The number of rotatable bonds is 4. The van der Waals surface area contributed by atoms with Gasteiger partial charge in [-0.2, -0.15) is 11.8 Å². The van der Waals surface area contributed by atoms with Gasteiger partial charge in [0.15, 0.2) is 0 Å². The molecule has 3 rings (SSSR count). The van der Waals surface area contributed by atoms with Crippen LogP contribution in [0.25, 0.3) is 0 Å². The van der Waals surface area contributed by atoms with E-state index in [4.69, 9.17) is 0 Å². The molecule has 2 aliphatic rings. The topological polar surface area (TPSA) is 41.1 Å². The Kier molecular flexibility index (Phi) is 4.63. The maximum absolute atomic E-state index is 12.0. The van der Waals surface area contributed by atoms with Crippen molar-refractivity contribution in [2.24, 2.45) is 0 Å². The predicted octanol–water partition coefficient (Wildman–Crippen LogP) is 1.93. The van der Waals surface area contributed by atoms with Gasteiger partial charge >= 0.3 is 0 Å². The third-order valence-corrected chi connectivity index (χ3v) is 5.36. The van der Waals surface area contributed by atoms with E-state index < -0.39 is 0 Å². The van der Waals surface area contributed by atoms with E-state index in [9.17, 15) is 4.79 Å². The van der Waals surface area contributed by atoms with E-state index in [1.807, 2.05) is 11.8 Å². The number of benzene rings is 1. The molecule has 1 heterocycles. The summed E-state index contributed by atoms with van der Waals surface area (Å²) < 4.78 is 0. The van der Waals surface area contributed by atoms with E-state index in [0.717, 1.165) is 37.4 Å². The molecule has 0 spiro atoms. The Labute approximate surface area is 124 Å². The minimum absolute atomic E-state index is 0.189. The van der Waals surface area contributed by atoms with Crippen molar-refractivity contribution in [2.75, 3.05) is 24.6 Å². The van der Waals surface area contributed by atoms with Crippen LogP contribution in [-0.2, 0) is 11.2 Å². The summed E-state index contributed by atoms with van der Waals surface area (Å²) in [7, 11) is 0. The fourth-order valence-electron chi connectivity index (χ4n) is 3.14. The fraction of sp³-hybridized carbons (Fsp3) is 0.562. The number of hydrogen-bond acceptors (Lipinski definition) is 3. The third kappa shape index (κ3) is 3.36. The van der Waals surface area contributed by atoms with Crippen LogP contribution in [0.1, 0.15) is 29.9 Å². The summed E-state index contributed by atoms with van der Waals surface area (Å²) in [5.74, 6) is 2.91. The van der Waals surface area contributed by atoms with Gasteiger partial charge in [0.25, 0.3) is 0 Å². The second-order valence-electron chi connectivity index (χ2n) is 5.67. The van der Waals surface area contributed by atoms with Gasteiger partial charge in [0.05, 0.1) is 0 Å². The number of carbonyl (C=O) groups excluding carboxylic acids is 1. The van der Waals surface area contributed by atoms with E-state index in [2.05, 4.69) is 34.9 Å². The molecule has 1 fully saturated rings. The number of hydrogen-bond donors (Lipinski definition) is 2. The number of carbonyl (C=O) groups is 1. The lowest BCUT2D eigenvalue weighted by Gasteiger charge is -2.23. The molecule has 2 atom stereocenters. The smallest absolute Gasteiger partial charge is 0.221 e. The van der Waals surface area contributed by atoms with E-state index in [-0.39, 0.29) is 5.91 Å². The Morgan fingerprint density at radius 1 is 1.40 bits per heavy atom. The summed E-state index contributed by atoms with van der Waals surface area (Å²) >= 11 is 1.94. The zero-order chi connectivity index (χ0) is 13.8. The number of aryl methyl sites for hydroxylation is 1. The first-order chi connectivity index (χ1) is 9.83. The SMILES string of the molecule is O=C(CC1CSCCN1)NCC1CCc2ccccc21. The molecule has 0 bridgehead atoms. The maximum atomic E-state index is 12.0. The van der Waals surface area contributed by atoms with Crippen LogP contribution >= 0.6 is 11.8 Å². The lowest BCUT2D eigenvalue weighted by molar-refractivity contribution is -0.121. The van der Waals surface area contributed by atoms with Crippen LogP contribution < -0.4 is 10.6 Å². The van der Waals surface area contributed by atoms with Crippen LogP contribution in [0.5, 0.6) is 0 Å². The zero-order valence-electron chi connectivity index (χ0n) is 11.7. The van der Waals surface area contributed by atoms with Gasteiger partial charge in [-0.25, -0.2) is 0 Å². The standard InChI is InChI=1S/C16H22N2OS/c19-16(9-14-11-20-8-7-17-14)18-10-13-6-5-12-3-1-2-4-15(12)13/h1-4,13-14,17H,5-11H2,(H,18,19). The van der Waals surface area contributed by atoms with Gasteiger partial charge in [0.2, 0.25) is 5.91 Å². The third-order valence-electron chi connectivity index (χ3n) is 4.23. The average Bonchev–Trinajstić information content (AvgIpc) is 2.89. The molecule has 2 N–H and O–H groups in total. The van der Waals surface area contributed by atoms with Crippen LogP contribution in [0.3, 0.4) is 0 Å². The maximum Gasteiger partial charge on any atom is 0.221 e. The first kappa shape index (κ1) is 14.0. The minimum atomic E-state index is 0.189. The zero-order valence-corrected chi connectivity index (χ0v) is 12.5. The Balaban J connectivity index is 1.46. The molecule has 2 unspecified atom stereocenters. The van der Waals surface area contributed by atoms with E-state index in [0.29, 0.717) is 18.4 Å². The molecule has 1 saturated heterocycles. The number of thioether (sulfide) groups is 1. The van der Waals surface area contributed by atoms with Crippen molar-refractivity contribution >= 4 is 17.7 Å². The van der Waals surface area contributed by atoms with E-state index in [1.165, 1.54) is 11.1 Å². The number of nitrogens with one attached hydrogen (secondary N) is 2. The van der Waals surface area contributed by atoms with Gasteiger partial charge in [0.1, 0.15) is 0 Å². The highest BCUT2D eigenvalue weighted by Crippen LogP contribution is 2.32. The van der Waals surface area contributed by atoms with Crippen LogP contribution in [0.2, 0.25) is 0 Å². The minimum Gasteiger partial charge on any atom is -0.355 e. The number of fused-ring (bicyclic) bond motifs is 1. The molecule has 0 radical (unpaired) electrons. The molecule has 1 amide bonds. The first-order valence-corrected chi connectivity index (χ1v) is 8.64. The van der Waals surface area contributed by atoms with Gasteiger partial charge in [-0.1, -0.05) is 24.3 Å². The van der Waals surface area contributed by atoms with Crippen LogP contribution in [0.4, 0.5) is 0 Å². The lowest BCUT2D eigenvalue weighted by atomic mass is 10.0. The van der Waals surface area contributed by atoms with Crippen molar-refractivity contribution in [3.8, 4) is 0 Å². The summed E-state index contributed by atoms with van der Waals surface area (Å²) in [5.41, 5.74) is 2.89.